The van der Waals surface area contributed by atoms with Crippen molar-refractivity contribution in [2.75, 3.05) is 13.1 Å². The molecule has 0 unspecified atom stereocenters. The van der Waals surface area contributed by atoms with E-state index in [1.807, 2.05) is 28.9 Å². The molecular weight excluding hydrogens is 284 g/mol. The molecule has 5 nitrogen and oxygen atoms in total. The van der Waals surface area contributed by atoms with Crippen LogP contribution in [0.15, 0.2) is 23.8 Å². The van der Waals surface area contributed by atoms with Crippen molar-refractivity contribution in [2.45, 2.75) is 25.8 Å². The average molecular weight is 300 g/mol. The maximum Gasteiger partial charge on any atom is 0.265 e. The van der Waals surface area contributed by atoms with Crippen LogP contribution in [0.2, 0.25) is 0 Å². The minimum atomic E-state index is -0.0323. The summed E-state index contributed by atoms with van der Waals surface area (Å²) in [4.78, 5) is 15.0. The second kappa shape index (κ2) is 5.70. The van der Waals surface area contributed by atoms with E-state index in [9.17, 15) is 4.79 Å². The zero-order chi connectivity index (χ0) is 14.8. The molecule has 0 radical (unpaired) electrons. The highest BCUT2D eigenvalue weighted by Gasteiger charge is 2.27. The molecular formula is C15H16N4OS. The van der Waals surface area contributed by atoms with Crippen LogP contribution in [0.3, 0.4) is 0 Å². The van der Waals surface area contributed by atoms with Gasteiger partial charge in [-0.3, -0.25) is 9.48 Å². The average Bonchev–Trinajstić information content (AvgIpc) is 3.15. The Bertz CT molecular complexity index is 697. The molecule has 2 aromatic rings. The summed E-state index contributed by atoms with van der Waals surface area (Å²) in [5, 5.41) is 15.2. The van der Waals surface area contributed by atoms with E-state index in [0.29, 0.717) is 17.0 Å². The summed E-state index contributed by atoms with van der Waals surface area (Å²) in [6.45, 7) is 3.42. The third kappa shape index (κ3) is 2.69. The first-order chi connectivity index (χ1) is 10.2. The molecule has 3 rings (SSSR count). The van der Waals surface area contributed by atoms with E-state index in [1.165, 1.54) is 11.3 Å². The maximum absolute atomic E-state index is 12.6. The first kappa shape index (κ1) is 13.8. The van der Waals surface area contributed by atoms with Crippen LogP contribution in [0.1, 0.15) is 39.7 Å². The highest BCUT2D eigenvalue weighted by molar-refractivity contribution is 7.12. The van der Waals surface area contributed by atoms with Crippen LogP contribution in [0.5, 0.6) is 0 Å². The lowest BCUT2D eigenvalue weighted by molar-refractivity contribution is 0.0677. The Morgan fingerprint density at radius 3 is 3.14 bits per heavy atom. The number of amides is 1. The van der Waals surface area contributed by atoms with Gasteiger partial charge < -0.3 is 4.90 Å². The van der Waals surface area contributed by atoms with E-state index in [-0.39, 0.29) is 11.9 Å². The molecule has 0 N–H and O–H groups in total. The van der Waals surface area contributed by atoms with Gasteiger partial charge in [-0.15, -0.1) is 11.3 Å². The number of thiophene rings is 1. The van der Waals surface area contributed by atoms with Gasteiger partial charge in [0.05, 0.1) is 17.8 Å². The second-order valence-corrected chi connectivity index (χ2v) is 6.24. The lowest BCUT2D eigenvalue weighted by Gasteiger charge is -2.32. The number of aryl methyl sites for hydroxylation is 1. The van der Waals surface area contributed by atoms with Crippen molar-refractivity contribution in [2.24, 2.45) is 0 Å². The van der Waals surface area contributed by atoms with Crippen LogP contribution in [0, 0.1) is 18.3 Å². The van der Waals surface area contributed by atoms with Crippen molar-refractivity contribution in [3.8, 4) is 6.07 Å². The molecule has 108 valence electrons. The molecule has 1 amide bonds. The van der Waals surface area contributed by atoms with Crippen molar-refractivity contribution in [1.29, 1.82) is 5.26 Å². The Morgan fingerprint density at radius 1 is 1.57 bits per heavy atom. The van der Waals surface area contributed by atoms with Crippen molar-refractivity contribution in [3.05, 3.63) is 39.8 Å². The molecule has 1 aliphatic rings. The number of carbonyl (C=O) groups excluding carboxylic acids is 1. The Labute approximate surface area is 127 Å². The minimum absolute atomic E-state index is 0.0323. The normalized spacial score (nSPS) is 18.5. The lowest BCUT2D eigenvalue weighted by atomic mass is 10.1. The number of hydrogen-bond acceptors (Lipinski definition) is 4. The number of aromatic nitrogens is 2. The lowest BCUT2D eigenvalue weighted by Crippen LogP contribution is -2.40. The Hall–Kier alpha value is -2.13. The van der Waals surface area contributed by atoms with Crippen LogP contribution in [-0.4, -0.2) is 33.7 Å². The number of nitrogens with zero attached hydrogens (tertiary/aromatic N) is 4. The number of piperidine rings is 1. The Kier molecular flexibility index (Phi) is 3.76. The summed E-state index contributed by atoms with van der Waals surface area (Å²) >= 11 is 1.34. The molecule has 0 aliphatic carbocycles. The van der Waals surface area contributed by atoms with Gasteiger partial charge in [0, 0.05) is 19.3 Å². The fraction of sp³-hybridized carbons (Fsp3) is 0.400. The number of hydrogen-bond donors (Lipinski definition) is 0. The molecule has 21 heavy (non-hydrogen) atoms. The fourth-order valence-corrected chi connectivity index (χ4v) is 3.51. The molecule has 1 fully saturated rings. The minimum Gasteiger partial charge on any atom is -0.336 e. The Balaban J connectivity index is 1.77. The number of likely N-dealkylation sites (tertiary alicyclic amines) is 1. The number of carbonyl (C=O) groups is 1. The topological polar surface area (TPSA) is 61.9 Å². The van der Waals surface area contributed by atoms with Crippen LogP contribution >= 0.6 is 11.3 Å². The molecule has 0 aromatic carbocycles. The van der Waals surface area contributed by atoms with Gasteiger partial charge in [-0.2, -0.15) is 10.4 Å². The zero-order valence-corrected chi connectivity index (χ0v) is 12.6. The Morgan fingerprint density at radius 2 is 2.43 bits per heavy atom. The van der Waals surface area contributed by atoms with Crippen molar-refractivity contribution in [1.82, 2.24) is 14.7 Å². The van der Waals surface area contributed by atoms with Crippen molar-refractivity contribution in [3.63, 3.8) is 0 Å². The zero-order valence-electron chi connectivity index (χ0n) is 11.8. The summed E-state index contributed by atoms with van der Waals surface area (Å²) < 4.78 is 1.95. The second-order valence-electron chi connectivity index (χ2n) is 5.32. The number of nitriles is 1. The summed E-state index contributed by atoms with van der Waals surface area (Å²) in [6, 6.07) is 4.02. The molecule has 6 heteroatoms. The summed E-state index contributed by atoms with van der Waals surface area (Å²) in [5.41, 5.74) is 1.60. The molecule has 3 heterocycles. The molecule has 1 atom stereocenters. The van der Waals surface area contributed by atoms with Gasteiger partial charge in [-0.25, -0.2) is 0 Å². The van der Waals surface area contributed by atoms with E-state index < -0.39 is 0 Å². The predicted octanol–water partition coefficient (Wildman–Crippen LogP) is 2.60. The molecule has 2 aromatic heterocycles. The van der Waals surface area contributed by atoms with E-state index in [1.54, 1.807) is 11.4 Å². The van der Waals surface area contributed by atoms with Crippen LogP contribution in [-0.2, 0) is 0 Å². The monoisotopic (exact) mass is 300 g/mol. The van der Waals surface area contributed by atoms with Crippen molar-refractivity contribution >= 4 is 17.2 Å². The van der Waals surface area contributed by atoms with Crippen LogP contribution < -0.4 is 0 Å². The highest BCUT2D eigenvalue weighted by atomic mass is 32.1. The van der Waals surface area contributed by atoms with Crippen LogP contribution in [0.25, 0.3) is 0 Å². The summed E-state index contributed by atoms with van der Waals surface area (Å²) in [6.07, 6.45) is 5.85. The summed E-state index contributed by atoms with van der Waals surface area (Å²) in [5.74, 6) is -0.0323. The van der Waals surface area contributed by atoms with E-state index in [4.69, 9.17) is 5.26 Å². The summed E-state index contributed by atoms with van der Waals surface area (Å²) in [7, 11) is 0. The van der Waals surface area contributed by atoms with Gasteiger partial charge in [-0.05, 0) is 36.8 Å². The van der Waals surface area contributed by atoms with Crippen molar-refractivity contribution < 1.29 is 4.79 Å². The van der Waals surface area contributed by atoms with Gasteiger partial charge in [0.2, 0.25) is 0 Å². The third-order valence-corrected chi connectivity index (χ3v) is 4.67. The predicted molar refractivity (Wildman–Crippen MR) is 80.2 cm³/mol. The van der Waals surface area contributed by atoms with E-state index in [2.05, 4.69) is 11.2 Å². The smallest absolute Gasteiger partial charge is 0.265 e. The third-order valence-electron chi connectivity index (χ3n) is 3.77. The number of rotatable bonds is 2. The molecule has 1 aliphatic heterocycles. The fourth-order valence-electron chi connectivity index (χ4n) is 2.69. The van der Waals surface area contributed by atoms with Gasteiger partial charge in [-0.1, -0.05) is 0 Å². The SMILES string of the molecule is Cc1cnn([C@H]2CCCN(C(=O)c3sccc3C#N)C2)c1. The molecule has 0 bridgehead atoms. The van der Waals surface area contributed by atoms with Crippen LogP contribution in [0.4, 0.5) is 0 Å². The maximum atomic E-state index is 12.6. The first-order valence-corrected chi connectivity index (χ1v) is 7.84. The largest absolute Gasteiger partial charge is 0.336 e. The van der Waals surface area contributed by atoms with Gasteiger partial charge in [0.25, 0.3) is 5.91 Å². The van der Waals surface area contributed by atoms with Gasteiger partial charge in [0.15, 0.2) is 0 Å². The van der Waals surface area contributed by atoms with E-state index >= 15 is 0 Å². The van der Waals surface area contributed by atoms with E-state index in [0.717, 1.165) is 24.9 Å². The first-order valence-electron chi connectivity index (χ1n) is 6.96. The standard InChI is InChI=1S/C15H16N4OS/c1-11-8-17-19(9-11)13-3-2-5-18(10-13)15(20)14-12(7-16)4-6-21-14/h4,6,8-9,13H,2-3,5,10H2,1H3/t13-/m0/s1. The highest BCUT2D eigenvalue weighted by Crippen LogP contribution is 2.25. The quantitative estimate of drug-likeness (QED) is 0.856. The van der Waals surface area contributed by atoms with Gasteiger partial charge >= 0.3 is 0 Å². The molecule has 0 saturated carbocycles. The van der Waals surface area contributed by atoms with Gasteiger partial charge in [0.1, 0.15) is 10.9 Å². The molecule has 1 saturated heterocycles. The molecule has 0 spiro atoms.